The molecule has 1 N–H and O–H groups in total. The molecule has 0 aliphatic heterocycles. The number of anilines is 2. The molecule has 0 aliphatic rings. The van der Waals surface area contributed by atoms with Gasteiger partial charge in [-0.2, -0.15) is 0 Å². The first kappa shape index (κ1) is 32.8. The van der Waals surface area contributed by atoms with Crippen molar-refractivity contribution in [3.63, 3.8) is 0 Å². The van der Waals surface area contributed by atoms with Gasteiger partial charge >= 0.3 is 0 Å². The van der Waals surface area contributed by atoms with Gasteiger partial charge in [-0.3, -0.25) is 0 Å². The fourth-order valence-electron chi connectivity index (χ4n) is 8.68. The summed E-state index contributed by atoms with van der Waals surface area (Å²) in [4.78, 5) is 0. The van der Waals surface area contributed by atoms with Crippen LogP contribution >= 0.6 is 0 Å². The maximum Gasteiger partial charge on any atom is 0.159 e. The van der Waals surface area contributed by atoms with Gasteiger partial charge in [0.2, 0.25) is 0 Å². The minimum absolute atomic E-state index is 0.832. The second kappa shape index (κ2) is 13.6. The molecule has 268 valence electrons. The minimum Gasteiger partial charge on any atom is -0.454 e. The number of benzene rings is 9. The molecule has 0 bridgehead atoms. The lowest BCUT2D eigenvalue weighted by Gasteiger charge is -2.19. The number of nitrogens with one attached hydrogen (secondary N) is 1. The van der Waals surface area contributed by atoms with E-state index in [-0.39, 0.29) is 0 Å². The van der Waals surface area contributed by atoms with Gasteiger partial charge in [-0.25, -0.2) is 0 Å². The van der Waals surface area contributed by atoms with Crippen molar-refractivity contribution in [2.45, 2.75) is 0 Å². The van der Waals surface area contributed by atoms with E-state index in [4.69, 9.17) is 4.42 Å². The summed E-state index contributed by atoms with van der Waals surface area (Å²) in [5, 5.41) is 8.56. The molecule has 11 aromatic rings. The van der Waals surface area contributed by atoms with Gasteiger partial charge in [0.05, 0.1) is 16.7 Å². The summed E-state index contributed by atoms with van der Waals surface area (Å²) in [7, 11) is 0. The third kappa shape index (κ3) is 5.51. The van der Waals surface area contributed by atoms with Crippen LogP contribution in [0.1, 0.15) is 0 Å². The van der Waals surface area contributed by atoms with Crippen LogP contribution < -0.4 is 5.32 Å². The molecule has 0 spiro atoms. The van der Waals surface area contributed by atoms with E-state index in [1.807, 2.05) is 6.07 Å². The smallest absolute Gasteiger partial charge is 0.159 e. The summed E-state index contributed by atoms with van der Waals surface area (Å²) in [6.07, 6.45) is 0. The van der Waals surface area contributed by atoms with Gasteiger partial charge in [0, 0.05) is 38.5 Å². The molecule has 0 saturated heterocycles. The monoisotopic (exact) mass is 728 g/mol. The Morgan fingerprint density at radius 1 is 0.351 bits per heavy atom. The third-order valence-corrected chi connectivity index (χ3v) is 11.2. The molecule has 3 nitrogen and oxygen atoms in total. The zero-order chi connectivity index (χ0) is 37.7. The highest BCUT2D eigenvalue weighted by atomic mass is 16.3. The summed E-state index contributed by atoms with van der Waals surface area (Å²) in [6.45, 7) is 0. The van der Waals surface area contributed by atoms with Gasteiger partial charge in [0.15, 0.2) is 5.58 Å². The first-order chi connectivity index (χ1) is 28.3. The van der Waals surface area contributed by atoms with E-state index in [1.54, 1.807) is 0 Å². The van der Waals surface area contributed by atoms with Gasteiger partial charge in [-0.1, -0.05) is 170 Å². The molecule has 0 saturated carbocycles. The lowest BCUT2D eigenvalue weighted by atomic mass is 9.90. The second-order valence-electron chi connectivity index (χ2n) is 14.5. The quantitative estimate of drug-likeness (QED) is 0.177. The molecule has 11 rings (SSSR count). The van der Waals surface area contributed by atoms with E-state index in [9.17, 15) is 0 Å². The van der Waals surface area contributed by atoms with Gasteiger partial charge in [-0.15, -0.1) is 0 Å². The van der Waals surface area contributed by atoms with Crippen LogP contribution in [0.25, 0.3) is 93.9 Å². The number of rotatable bonds is 7. The number of hydrogen-bond acceptors (Lipinski definition) is 2. The predicted octanol–water partition coefficient (Wildman–Crippen LogP) is 15.1. The topological polar surface area (TPSA) is 30.1 Å². The molecule has 2 heterocycles. The zero-order valence-corrected chi connectivity index (χ0v) is 31.1. The SMILES string of the molecule is c1ccc(-c2ccc(-c3ccc(Nc4cccc(-c5cccc6c5c5ccccc5n6-c5ccccc5)c4-c4ccccc4)c4oc5ccccc5c34)cc2)cc1. The molecular formula is C54H36N2O. The maximum atomic E-state index is 6.76. The second-order valence-corrected chi connectivity index (χ2v) is 14.5. The van der Waals surface area contributed by atoms with E-state index in [2.05, 4.69) is 216 Å². The van der Waals surface area contributed by atoms with Gasteiger partial charge in [0.25, 0.3) is 0 Å². The lowest BCUT2D eigenvalue weighted by Crippen LogP contribution is -1.97. The van der Waals surface area contributed by atoms with Crippen molar-refractivity contribution in [3.8, 4) is 50.2 Å². The number of para-hydroxylation sites is 3. The Morgan fingerprint density at radius 3 is 1.74 bits per heavy atom. The highest BCUT2D eigenvalue weighted by Crippen LogP contribution is 2.47. The number of hydrogen-bond donors (Lipinski definition) is 1. The van der Waals surface area contributed by atoms with E-state index >= 15 is 0 Å². The van der Waals surface area contributed by atoms with E-state index in [1.165, 1.54) is 38.5 Å². The van der Waals surface area contributed by atoms with Gasteiger partial charge in [-0.05, 0) is 81.4 Å². The maximum absolute atomic E-state index is 6.76. The van der Waals surface area contributed by atoms with Crippen molar-refractivity contribution >= 4 is 55.1 Å². The van der Waals surface area contributed by atoms with Crippen LogP contribution in [0.15, 0.2) is 217 Å². The molecule has 2 aromatic heterocycles. The molecule has 0 fully saturated rings. The molecule has 3 heteroatoms. The van der Waals surface area contributed by atoms with Crippen molar-refractivity contribution in [1.29, 1.82) is 0 Å². The fourth-order valence-corrected chi connectivity index (χ4v) is 8.68. The van der Waals surface area contributed by atoms with Crippen molar-refractivity contribution in [2.75, 3.05) is 5.32 Å². The summed E-state index contributed by atoms with van der Waals surface area (Å²) in [5.41, 5.74) is 16.4. The molecule has 0 atom stereocenters. The van der Waals surface area contributed by atoms with Crippen molar-refractivity contribution in [1.82, 2.24) is 4.57 Å². The highest BCUT2D eigenvalue weighted by Gasteiger charge is 2.22. The lowest BCUT2D eigenvalue weighted by molar-refractivity contribution is 0.670. The molecule has 0 aliphatic carbocycles. The molecule has 57 heavy (non-hydrogen) atoms. The van der Waals surface area contributed by atoms with Crippen molar-refractivity contribution in [3.05, 3.63) is 212 Å². The summed E-state index contributed by atoms with van der Waals surface area (Å²) in [5.74, 6) is 0. The number of nitrogens with zero attached hydrogens (tertiary/aromatic N) is 1. The van der Waals surface area contributed by atoms with Crippen LogP contribution in [0, 0.1) is 0 Å². The largest absolute Gasteiger partial charge is 0.454 e. The minimum atomic E-state index is 0.832. The Kier molecular flexibility index (Phi) is 7.82. The molecule has 0 amide bonds. The number of aromatic nitrogens is 1. The first-order valence-corrected chi connectivity index (χ1v) is 19.4. The molecule has 0 radical (unpaired) electrons. The van der Waals surface area contributed by atoms with E-state index in [0.29, 0.717) is 0 Å². The highest BCUT2D eigenvalue weighted by molar-refractivity contribution is 6.18. The van der Waals surface area contributed by atoms with Crippen LogP contribution in [0.3, 0.4) is 0 Å². The Hall–Kier alpha value is -7.62. The standard InChI is InChI=1S/C54H36N2O/c1-4-16-36(17-5-1)37-30-32-38(33-31-37)41-34-35-47(54-53(41)45-23-11-13-29-50(45)57-54)55-46-26-14-24-42(51(46)39-18-6-2-7-19-39)43-25-15-28-49-52(43)44-22-10-12-27-48(44)56(49)40-20-8-3-9-21-40/h1-35,55H. The Morgan fingerprint density at radius 2 is 0.947 bits per heavy atom. The summed E-state index contributed by atoms with van der Waals surface area (Å²) >= 11 is 0. The Balaban J connectivity index is 1.10. The molecule has 9 aromatic carbocycles. The van der Waals surface area contributed by atoms with Crippen molar-refractivity contribution < 1.29 is 4.42 Å². The zero-order valence-electron chi connectivity index (χ0n) is 31.1. The average molecular weight is 729 g/mol. The predicted molar refractivity (Wildman–Crippen MR) is 240 cm³/mol. The normalized spacial score (nSPS) is 11.5. The first-order valence-electron chi connectivity index (χ1n) is 19.4. The third-order valence-electron chi connectivity index (χ3n) is 11.2. The Labute approximate surface area is 330 Å². The van der Waals surface area contributed by atoms with Crippen LogP contribution in [0.4, 0.5) is 11.4 Å². The van der Waals surface area contributed by atoms with Gasteiger partial charge < -0.3 is 14.3 Å². The fraction of sp³-hybridized carbons (Fsp3) is 0. The van der Waals surface area contributed by atoms with E-state index < -0.39 is 0 Å². The number of fused-ring (bicyclic) bond motifs is 6. The van der Waals surface area contributed by atoms with Crippen LogP contribution in [0.5, 0.6) is 0 Å². The van der Waals surface area contributed by atoms with E-state index in [0.717, 1.165) is 66.8 Å². The molecular weight excluding hydrogens is 693 g/mol. The summed E-state index contributed by atoms with van der Waals surface area (Å²) in [6, 6.07) is 75.6. The van der Waals surface area contributed by atoms with Crippen molar-refractivity contribution in [2.24, 2.45) is 0 Å². The van der Waals surface area contributed by atoms with Gasteiger partial charge in [0.1, 0.15) is 5.58 Å². The number of furan rings is 1. The molecule has 0 unspecified atom stereocenters. The van der Waals surface area contributed by atoms with Crippen LogP contribution in [0.2, 0.25) is 0 Å². The Bertz CT molecular complexity index is 3230. The average Bonchev–Trinajstić information content (AvgIpc) is 3.85. The van der Waals surface area contributed by atoms with Crippen LogP contribution in [-0.4, -0.2) is 4.57 Å². The summed E-state index contributed by atoms with van der Waals surface area (Å²) < 4.78 is 9.14. The van der Waals surface area contributed by atoms with Crippen LogP contribution in [-0.2, 0) is 0 Å².